The summed E-state index contributed by atoms with van der Waals surface area (Å²) in [6, 6.07) is 7.89. The van der Waals surface area contributed by atoms with Crippen molar-refractivity contribution in [3.05, 3.63) is 46.9 Å². The lowest BCUT2D eigenvalue weighted by atomic mass is 10.1. The molecule has 2 aromatic rings. The molecule has 0 bridgehead atoms. The molecular weight excluding hydrogens is 246 g/mol. The molecule has 0 aliphatic heterocycles. The zero-order valence-electron chi connectivity index (χ0n) is 10.4. The fraction of sp³-hybridized carbons (Fsp3) is 0.167. The molecule has 7 nitrogen and oxygen atoms in total. The maximum Gasteiger partial charge on any atom is 0.156 e. The Labute approximate surface area is 110 Å². The second kappa shape index (κ2) is 5.51. The Bertz CT molecular complexity index is 557. The van der Waals surface area contributed by atoms with Gasteiger partial charge in [-0.2, -0.15) is 0 Å². The molecule has 100 valence electrons. The zero-order chi connectivity index (χ0) is 13.8. The van der Waals surface area contributed by atoms with Gasteiger partial charge in [-0.25, -0.2) is 9.97 Å². The summed E-state index contributed by atoms with van der Waals surface area (Å²) in [6.45, 7) is 2.46. The second-order valence-corrected chi connectivity index (χ2v) is 4.07. The summed E-state index contributed by atoms with van der Waals surface area (Å²) in [6.07, 6.45) is 1.22. The fourth-order valence-electron chi connectivity index (χ4n) is 1.60. The summed E-state index contributed by atoms with van der Waals surface area (Å²) in [4.78, 5) is 7.54. The molecule has 0 aliphatic carbocycles. The van der Waals surface area contributed by atoms with E-state index in [1.54, 1.807) is 0 Å². The van der Waals surface area contributed by atoms with Crippen LogP contribution in [0.5, 0.6) is 0 Å². The van der Waals surface area contributed by atoms with Crippen LogP contribution in [0.3, 0.4) is 0 Å². The third kappa shape index (κ3) is 3.09. The normalized spacial score (nSPS) is 10.3. The fourth-order valence-corrected chi connectivity index (χ4v) is 1.60. The lowest BCUT2D eigenvalue weighted by molar-refractivity contribution is 0.297. The molecule has 0 radical (unpaired) electrons. The van der Waals surface area contributed by atoms with Crippen LogP contribution in [0.4, 0.5) is 17.3 Å². The Morgan fingerprint density at radius 2 is 2.00 bits per heavy atom. The highest BCUT2D eigenvalue weighted by molar-refractivity contribution is 5.75. The van der Waals surface area contributed by atoms with Gasteiger partial charge < -0.3 is 21.5 Å². The van der Waals surface area contributed by atoms with E-state index < -0.39 is 0 Å². The van der Waals surface area contributed by atoms with Gasteiger partial charge in [0.05, 0.1) is 0 Å². The first-order valence-corrected chi connectivity index (χ1v) is 5.64. The number of hydrogen-bond acceptors (Lipinski definition) is 7. The quantitative estimate of drug-likeness (QED) is 0.717. The van der Waals surface area contributed by atoms with Crippen LogP contribution in [0.1, 0.15) is 11.1 Å². The third-order valence-electron chi connectivity index (χ3n) is 2.62. The molecule has 0 fully saturated rings. The van der Waals surface area contributed by atoms with E-state index >= 15 is 0 Å². The van der Waals surface area contributed by atoms with E-state index in [1.165, 1.54) is 6.33 Å². The number of rotatable bonds is 4. The molecule has 1 heterocycles. The molecule has 0 unspecified atom stereocenters. The molecule has 0 amide bonds. The van der Waals surface area contributed by atoms with E-state index in [2.05, 4.69) is 15.3 Å². The van der Waals surface area contributed by atoms with Crippen LogP contribution in [0, 0.1) is 12.1 Å². The molecule has 0 saturated heterocycles. The van der Waals surface area contributed by atoms with Crippen molar-refractivity contribution < 1.29 is 5.21 Å². The maximum atomic E-state index is 11.0. The summed E-state index contributed by atoms with van der Waals surface area (Å²) < 4.78 is 0. The lowest BCUT2D eigenvalue weighted by Crippen LogP contribution is -2.15. The molecule has 0 spiro atoms. The minimum Gasteiger partial charge on any atom is -0.733 e. The van der Waals surface area contributed by atoms with Crippen molar-refractivity contribution in [2.45, 2.75) is 13.5 Å². The van der Waals surface area contributed by atoms with Crippen LogP contribution in [0.25, 0.3) is 0 Å². The van der Waals surface area contributed by atoms with Crippen molar-refractivity contribution in [2.24, 2.45) is 0 Å². The van der Waals surface area contributed by atoms with Crippen LogP contribution < -0.4 is 16.3 Å². The topological polar surface area (TPSA) is 110 Å². The SMILES string of the molecule is Cc1ccc(CNc2ncnc(N)c2N([O-])O)cc1. The van der Waals surface area contributed by atoms with E-state index in [1.807, 2.05) is 31.2 Å². The van der Waals surface area contributed by atoms with Crippen molar-refractivity contribution in [1.82, 2.24) is 9.97 Å². The highest BCUT2D eigenvalue weighted by Crippen LogP contribution is 2.27. The van der Waals surface area contributed by atoms with E-state index in [0.29, 0.717) is 6.54 Å². The van der Waals surface area contributed by atoms with Gasteiger partial charge in [-0.15, -0.1) is 0 Å². The summed E-state index contributed by atoms with van der Waals surface area (Å²) in [7, 11) is 0. The molecule has 1 aromatic carbocycles. The highest BCUT2D eigenvalue weighted by Gasteiger charge is 2.09. The Kier molecular flexibility index (Phi) is 3.79. The molecule has 0 atom stereocenters. The van der Waals surface area contributed by atoms with Crippen molar-refractivity contribution in [1.29, 1.82) is 0 Å². The maximum absolute atomic E-state index is 11.0. The van der Waals surface area contributed by atoms with Crippen LogP contribution in [0.2, 0.25) is 0 Å². The van der Waals surface area contributed by atoms with Gasteiger partial charge in [-0.3, -0.25) is 5.21 Å². The van der Waals surface area contributed by atoms with Gasteiger partial charge >= 0.3 is 0 Å². The molecule has 19 heavy (non-hydrogen) atoms. The minimum absolute atomic E-state index is 0.0843. The summed E-state index contributed by atoms with van der Waals surface area (Å²) >= 11 is 0. The van der Waals surface area contributed by atoms with Crippen LogP contribution >= 0.6 is 0 Å². The third-order valence-corrected chi connectivity index (χ3v) is 2.62. The van der Waals surface area contributed by atoms with Gasteiger partial charge in [0.25, 0.3) is 0 Å². The summed E-state index contributed by atoms with van der Waals surface area (Å²) in [5.41, 5.74) is 7.51. The number of hydrogen-bond donors (Lipinski definition) is 3. The molecule has 7 heteroatoms. The highest BCUT2D eigenvalue weighted by atomic mass is 16.8. The number of aromatic nitrogens is 2. The van der Waals surface area contributed by atoms with Crippen molar-refractivity contribution in [3.8, 4) is 0 Å². The Balaban J connectivity index is 2.15. The molecule has 2 rings (SSSR count). The summed E-state index contributed by atoms with van der Waals surface area (Å²) in [5, 5.41) is 22.6. The Morgan fingerprint density at radius 1 is 1.32 bits per heavy atom. The number of nitrogens with two attached hydrogens (primary N) is 1. The predicted octanol–water partition coefficient (Wildman–Crippen LogP) is 1.67. The van der Waals surface area contributed by atoms with Crippen LogP contribution in [0.15, 0.2) is 30.6 Å². The molecule has 0 aliphatic rings. The zero-order valence-corrected chi connectivity index (χ0v) is 10.4. The van der Waals surface area contributed by atoms with Crippen molar-refractivity contribution in [2.75, 3.05) is 16.3 Å². The average molecular weight is 260 g/mol. The first-order chi connectivity index (χ1) is 9.08. The average Bonchev–Trinajstić information content (AvgIpc) is 2.37. The number of nitrogens with one attached hydrogen (secondary N) is 1. The van der Waals surface area contributed by atoms with E-state index in [-0.39, 0.29) is 22.5 Å². The minimum atomic E-state index is -0.340. The monoisotopic (exact) mass is 260 g/mol. The van der Waals surface area contributed by atoms with E-state index in [4.69, 9.17) is 10.9 Å². The van der Waals surface area contributed by atoms with Gasteiger partial charge in [-0.1, -0.05) is 29.8 Å². The van der Waals surface area contributed by atoms with Crippen LogP contribution in [-0.2, 0) is 6.54 Å². The largest absolute Gasteiger partial charge is 0.733 e. The van der Waals surface area contributed by atoms with Crippen LogP contribution in [-0.4, -0.2) is 15.2 Å². The number of aryl methyl sites for hydroxylation is 1. The Hall–Kier alpha value is -2.38. The van der Waals surface area contributed by atoms with Crippen molar-refractivity contribution in [3.63, 3.8) is 0 Å². The molecule has 4 N–H and O–H groups in total. The number of anilines is 3. The summed E-state index contributed by atoms with van der Waals surface area (Å²) in [5.74, 6) is 0.101. The second-order valence-electron chi connectivity index (χ2n) is 4.07. The lowest BCUT2D eigenvalue weighted by Gasteiger charge is -2.24. The van der Waals surface area contributed by atoms with Gasteiger partial charge in [0.2, 0.25) is 0 Å². The number of nitrogen functional groups attached to an aromatic ring is 1. The molecule has 1 aromatic heterocycles. The standard InChI is InChI=1S/C12H14N5O2/c1-8-2-4-9(5-3-8)6-14-12-10(17(18)19)11(13)15-7-16-12/h2-5,7,18H,6H2,1H3,(H3,13,14,15,16)/q-1. The first-order valence-electron chi connectivity index (χ1n) is 5.64. The van der Waals surface area contributed by atoms with Gasteiger partial charge in [0, 0.05) is 6.54 Å². The van der Waals surface area contributed by atoms with E-state index in [0.717, 1.165) is 11.1 Å². The smallest absolute Gasteiger partial charge is 0.156 e. The van der Waals surface area contributed by atoms with Gasteiger partial charge in [0.15, 0.2) is 11.6 Å². The predicted molar refractivity (Wildman–Crippen MR) is 72.6 cm³/mol. The van der Waals surface area contributed by atoms with Crippen molar-refractivity contribution >= 4 is 17.3 Å². The molecular formula is C12H14N5O2-. The first kappa shape index (κ1) is 13.1. The number of nitrogens with zero attached hydrogens (tertiary/aromatic N) is 3. The Morgan fingerprint density at radius 3 is 2.63 bits per heavy atom. The van der Waals surface area contributed by atoms with Gasteiger partial charge in [-0.05, 0) is 12.5 Å². The number of benzene rings is 1. The molecule has 0 saturated carbocycles. The van der Waals surface area contributed by atoms with Gasteiger partial charge in [0.1, 0.15) is 12.0 Å². The van der Waals surface area contributed by atoms with E-state index in [9.17, 15) is 5.21 Å².